The molecule has 2 saturated carbocycles. The van der Waals surface area contributed by atoms with Crippen molar-refractivity contribution in [2.75, 3.05) is 0 Å². The van der Waals surface area contributed by atoms with E-state index in [-0.39, 0.29) is 0 Å². The molecule has 0 radical (unpaired) electrons. The van der Waals surface area contributed by atoms with E-state index in [9.17, 15) is 0 Å². The van der Waals surface area contributed by atoms with Crippen LogP contribution >= 0.6 is 11.6 Å². The average Bonchev–Trinajstić information content (AvgIpc) is 3.13. The molecule has 2 fully saturated rings. The van der Waals surface area contributed by atoms with Crippen molar-refractivity contribution >= 4 is 11.6 Å². The first-order valence-corrected chi connectivity index (χ1v) is 7.40. The van der Waals surface area contributed by atoms with Crippen LogP contribution < -0.4 is 0 Å². The van der Waals surface area contributed by atoms with Gasteiger partial charge in [-0.3, -0.25) is 0 Å². The maximum Gasteiger partial charge on any atom is 0.148 e. The van der Waals surface area contributed by atoms with Gasteiger partial charge >= 0.3 is 0 Å². The molecule has 1 aromatic rings. The first-order chi connectivity index (χ1) is 8.38. The van der Waals surface area contributed by atoms with Gasteiger partial charge in [0, 0.05) is 12.5 Å². The highest BCUT2D eigenvalue weighted by Gasteiger charge is 2.30. The van der Waals surface area contributed by atoms with Crippen LogP contribution in [-0.4, -0.2) is 14.8 Å². The number of rotatable bonds is 4. The van der Waals surface area contributed by atoms with Crippen molar-refractivity contribution in [1.29, 1.82) is 0 Å². The molecule has 0 atom stereocenters. The number of halogens is 1. The summed E-state index contributed by atoms with van der Waals surface area (Å²) in [6.07, 6.45) is 10.6. The Hall–Kier alpha value is -0.570. The highest BCUT2D eigenvalue weighted by Crippen LogP contribution is 2.38. The second-order valence-corrected chi connectivity index (χ2v) is 5.74. The third kappa shape index (κ3) is 2.49. The van der Waals surface area contributed by atoms with E-state index in [0.717, 1.165) is 18.2 Å². The molecule has 2 aliphatic rings. The summed E-state index contributed by atoms with van der Waals surface area (Å²) in [5, 5.41) is 8.61. The topological polar surface area (TPSA) is 30.7 Å². The molecular weight excluding hydrogens is 234 g/mol. The van der Waals surface area contributed by atoms with Gasteiger partial charge in [-0.15, -0.1) is 21.8 Å². The van der Waals surface area contributed by atoms with Crippen LogP contribution in [0.1, 0.15) is 62.6 Å². The summed E-state index contributed by atoms with van der Waals surface area (Å²) < 4.78 is 2.32. The van der Waals surface area contributed by atoms with Crippen molar-refractivity contribution < 1.29 is 0 Å². The van der Waals surface area contributed by atoms with Crippen molar-refractivity contribution in [2.24, 2.45) is 5.92 Å². The third-order valence-electron chi connectivity index (χ3n) is 4.06. The Bertz CT molecular complexity index is 378. The lowest BCUT2D eigenvalue weighted by Crippen LogP contribution is -2.14. The van der Waals surface area contributed by atoms with Gasteiger partial charge in [0.05, 0.1) is 5.88 Å². The zero-order valence-corrected chi connectivity index (χ0v) is 11.0. The van der Waals surface area contributed by atoms with E-state index in [0.29, 0.717) is 11.9 Å². The van der Waals surface area contributed by atoms with Crippen molar-refractivity contribution in [3.63, 3.8) is 0 Å². The Morgan fingerprint density at radius 3 is 2.35 bits per heavy atom. The maximum atomic E-state index is 5.94. The van der Waals surface area contributed by atoms with E-state index in [4.69, 9.17) is 11.6 Å². The molecule has 0 spiro atoms. The van der Waals surface area contributed by atoms with Gasteiger partial charge in [-0.2, -0.15) is 0 Å². The molecule has 0 N–H and O–H groups in total. The molecule has 94 valence electrons. The van der Waals surface area contributed by atoms with Crippen molar-refractivity contribution in [3.05, 3.63) is 11.6 Å². The van der Waals surface area contributed by atoms with Crippen molar-refractivity contribution in [1.82, 2.24) is 14.8 Å². The van der Waals surface area contributed by atoms with Crippen LogP contribution in [0, 0.1) is 5.92 Å². The Labute approximate surface area is 108 Å². The number of alkyl halides is 1. The van der Waals surface area contributed by atoms with E-state index < -0.39 is 0 Å². The van der Waals surface area contributed by atoms with Gasteiger partial charge in [0.15, 0.2) is 0 Å². The van der Waals surface area contributed by atoms with Crippen LogP contribution in [0.2, 0.25) is 0 Å². The SMILES string of the molecule is ClCc1nnc(CC2CCCCC2)n1C1CC1. The number of aromatic nitrogens is 3. The van der Waals surface area contributed by atoms with Gasteiger partial charge in [0.25, 0.3) is 0 Å². The molecule has 0 saturated heterocycles. The normalized spacial score (nSPS) is 21.9. The summed E-state index contributed by atoms with van der Waals surface area (Å²) >= 11 is 5.94. The van der Waals surface area contributed by atoms with E-state index in [1.165, 1.54) is 50.8 Å². The maximum absolute atomic E-state index is 5.94. The lowest BCUT2D eigenvalue weighted by Gasteiger charge is -2.21. The van der Waals surface area contributed by atoms with Crippen LogP contribution in [-0.2, 0) is 12.3 Å². The minimum Gasteiger partial charge on any atom is -0.311 e. The predicted octanol–water partition coefficient (Wildman–Crippen LogP) is 3.47. The fourth-order valence-electron chi connectivity index (χ4n) is 2.99. The van der Waals surface area contributed by atoms with Crippen LogP contribution in [0.4, 0.5) is 0 Å². The standard InChI is InChI=1S/C13H20ClN3/c14-9-13-16-15-12(17(13)11-6-7-11)8-10-4-2-1-3-5-10/h10-11H,1-9H2. The highest BCUT2D eigenvalue weighted by molar-refractivity contribution is 6.16. The molecule has 17 heavy (non-hydrogen) atoms. The van der Waals surface area contributed by atoms with Gasteiger partial charge in [-0.05, 0) is 18.8 Å². The lowest BCUT2D eigenvalue weighted by molar-refractivity contribution is 0.347. The van der Waals surface area contributed by atoms with E-state index in [2.05, 4.69) is 14.8 Å². The molecular formula is C13H20ClN3. The number of hydrogen-bond donors (Lipinski definition) is 0. The molecule has 0 amide bonds. The van der Waals surface area contributed by atoms with Crippen molar-refractivity contribution in [3.8, 4) is 0 Å². The Morgan fingerprint density at radius 1 is 1.00 bits per heavy atom. The quantitative estimate of drug-likeness (QED) is 0.770. The molecule has 0 bridgehead atoms. The van der Waals surface area contributed by atoms with Crippen LogP contribution in [0.25, 0.3) is 0 Å². The summed E-state index contributed by atoms with van der Waals surface area (Å²) in [4.78, 5) is 0. The first-order valence-electron chi connectivity index (χ1n) is 6.87. The molecule has 3 rings (SSSR count). The summed E-state index contributed by atoms with van der Waals surface area (Å²) in [6.45, 7) is 0. The van der Waals surface area contributed by atoms with Gasteiger partial charge < -0.3 is 4.57 Å². The average molecular weight is 254 g/mol. The Kier molecular flexibility index (Phi) is 3.37. The van der Waals surface area contributed by atoms with E-state index in [1.807, 2.05) is 0 Å². The highest BCUT2D eigenvalue weighted by atomic mass is 35.5. The fourth-order valence-corrected chi connectivity index (χ4v) is 3.18. The van der Waals surface area contributed by atoms with E-state index in [1.54, 1.807) is 0 Å². The second kappa shape index (κ2) is 4.97. The number of nitrogens with zero attached hydrogens (tertiary/aromatic N) is 3. The van der Waals surface area contributed by atoms with Gasteiger partial charge in [0.1, 0.15) is 11.6 Å². The fraction of sp³-hybridized carbons (Fsp3) is 0.846. The Balaban J connectivity index is 1.74. The van der Waals surface area contributed by atoms with Gasteiger partial charge in [-0.25, -0.2) is 0 Å². The van der Waals surface area contributed by atoms with Gasteiger partial charge in [0.2, 0.25) is 0 Å². The zero-order valence-electron chi connectivity index (χ0n) is 10.2. The summed E-state index contributed by atoms with van der Waals surface area (Å²) in [6, 6.07) is 0.650. The smallest absolute Gasteiger partial charge is 0.148 e. The molecule has 0 aromatic carbocycles. The minimum atomic E-state index is 0.494. The zero-order chi connectivity index (χ0) is 11.7. The molecule has 4 heteroatoms. The van der Waals surface area contributed by atoms with Gasteiger partial charge in [-0.1, -0.05) is 32.1 Å². The third-order valence-corrected chi connectivity index (χ3v) is 4.30. The molecule has 1 heterocycles. The monoisotopic (exact) mass is 253 g/mol. The lowest BCUT2D eigenvalue weighted by atomic mass is 9.87. The largest absolute Gasteiger partial charge is 0.311 e. The summed E-state index contributed by atoms with van der Waals surface area (Å²) in [5.41, 5.74) is 0. The van der Waals surface area contributed by atoms with Crippen molar-refractivity contribution in [2.45, 2.75) is 63.3 Å². The molecule has 0 aliphatic heterocycles. The minimum absolute atomic E-state index is 0.494. The summed E-state index contributed by atoms with van der Waals surface area (Å²) in [7, 11) is 0. The predicted molar refractivity (Wildman–Crippen MR) is 68.1 cm³/mol. The van der Waals surface area contributed by atoms with Crippen LogP contribution in [0.15, 0.2) is 0 Å². The molecule has 3 nitrogen and oxygen atoms in total. The number of hydrogen-bond acceptors (Lipinski definition) is 2. The first kappa shape index (κ1) is 11.5. The van der Waals surface area contributed by atoms with E-state index >= 15 is 0 Å². The summed E-state index contributed by atoms with van der Waals surface area (Å²) in [5.74, 6) is 3.48. The Morgan fingerprint density at radius 2 is 1.71 bits per heavy atom. The molecule has 0 unspecified atom stereocenters. The van der Waals surface area contributed by atoms with Crippen LogP contribution in [0.5, 0.6) is 0 Å². The van der Waals surface area contributed by atoms with Crippen LogP contribution in [0.3, 0.4) is 0 Å². The second-order valence-electron chi connectivity index (χ2n) is 5.48. The molecule has 1 aromatic heterocycles. The molecule has 2 aliphatic carbocycles.